The molecule has 2 aliphatic rings. The average molecular weight is 432 g/mol. The Balaban J connectivity index is 1.54. The molecule has 1 saturated carbocycles. The van der Waals surface area contributed by atoms with Gasteiger partial charge >= 0.3 is 0 Å². The Morgan fingerprint density at radius 1 is 1.03 bits per heavy atom. The molecule has 1 aliphatic heterocycles. The molecule has 5 rings (SSSR count). The first kappa shape index (κ1) is 20.2. The van der Waals surface area contributed by atoms with Crippen LogP contribution < -0.4 is 21.7 Å². The van der Waals surface area contributed by atoms with Crippen LogP contribution in [0.3, 0.4) is 0 Å². The van der Waals surface area contributed by atoms with Crippen LogP contribution in [0.4, 0.5) is 27.3 Å². The number of hydrogen-bond donors (Lipinski definition) is 3. The molecule has 3 aromatic heterocycles. The van der Waals surface area contributed by atoms with Crippen molar-refractivity contribution < 1.29 is 4.39 Å². The number of nitrogen functional groups attached to an aromatic ring is 2. The summed E-state index contributed by atoms with van der Waals surface area (Å²) < 4.78 is 14.8. The number of halogens is 1. The monoisotopic (exact) mass is 431 g/mol. The van der Waals surface area contributed by atoms with Crippen molar-refractivity contribution in [3.8, 4) is 11.3 Å². The first-order valence-electron chi connectivity index (χ1n) is 11.0. The van der Waals surface area contributed by atoms with Crippen molar-refractivity contribution in [2.45, 2.75) is 32.1 Å². The van der Waals surface area contributed by atoms with Crippen LogP contribution in [-0.2, 0) is 0 Å². The van der Waals surface area contributed by atoms with Crippen LogP contribution in [-0.4, -0.2) is 28.0 Å². The van der Waals surface area contributed by atoms with Crippen molar-refractivity contribution in [1.82, 2.24) is 15.0 Å². The van der Waals surface area contributed by atoms with E-state index >= 15 is 0 Å². The predicted molar refractivity (Wildman–Crippen MR) is 126 cm³/mol. The molecule has 0 amide bonds. The molecule has 1 saturated heterocycles. The molecule has 0 radical (unpaired) electrons. The second kappa shape index (κ2) is 8.45. The molecule has 5 N–H and O–H groups in total. The number of pyridine rings is 3. The van der Waals surface area contributed by atoms with E-state index in [1.165, 1.54) is 37.1 Å². The van der Waals surface area contributed by atoms with Gasteiger partial charge in [0.1, 0.15) is 17.2 Å². The number of aromatic nitrogens is 3. The largest absolute Gasteiger partial charge is 0.397 e. The quantitative estimate of drug-likeness (QED) is 0.548. The van der Waals surface area contributed by atoms with Gasteiger partial charge < -0.3 is 21.7 Å². The minimum absolute atomic E-state index is 0.199. The lowest BCUT2D eigenvalue weighted by Crippen LogP contribution is -2.30. The Labute approximate surface area is 186 Å². The first-order chi connectivity index (χ1) is 15.6. The zero-order chi connectivity index (χ0) is 22.1. The number of allylic oxidation sites excluding steroid dienone is 1. The third-order valence-corrected chi connectivity index (χ3v) is 5.91. The Morgan fingerprint density at radius 3 is 2.56 bits per heavy atom. The molecule has 0 spiro atoms. The second-order valence-electron chi connectivity index (χ2n) is 8.27. The van der Waals surface area contributed by atoms with Crippen molar-refractivity contribution in [2.24, 2.45) is 0 Å². The molecule has 32 heavy (non-hydrogen) atoms. The van der Waals surface area contributed by atoms with Crippen molar-refractivity contribution in [1.29, 1.82) is 0 Å². The summed E-state index contributed by atoms with van der Waals surface area (Å²) in [7, 11) is 0. The summed E-state index contributed by atoms with van der Waals surface area (Å²) in [6.45, 7) is 2.05. The Morgan fingerprint density at radius 2 is 1.84 bits per heavy atom. The standard InChI is InChI=1S/C24H26FN7/c25-17-12-18(26)24(31-22(17)16-6-7-21(27)29-13-16)23(15-4-5-15)30-19-14-28-9-8-20(19)32-10-2-1-3-11-32/h6-9,12-14,30H,1-5,10-11,26H2,(H2,27,29). The average Bonchev–Trinajstić information content (AvgIpc) is 3.65. The van der Waals surface area contributed by atoms with Crippen LogP contribution in [0.5, 0.6) is 0 Å². The third kappa shape index (κ3) is 4.08. The van der Waals surface area contributed by atoms with Gasteiger partial charge in [0.2, 0.25) is 0 Å². The van der Waals surface area contributed by atoms with Gasteiger partial charge in [0.25, 0.3) is 0 Å². The lowest BCUT2D eigenvalue weighted by molar-refractivity contribution is 0.578. The summed E-state index contributed by atoms with van der Waals surface area (Å²) in [5.74, 6) is -0.123. The molecule has 2 fully saturated rings. The van der Waals surface area contributed by atoms with Crippen LogP contribution in [0, 0.1) is 5.82 Å². The van der Waals surface area contributed by atoms with Gasteiger partial charge in [-0.3, -0.25) is 4.98 Å². The highest BCUT2D eigenvalue weighted by Gasteiger charge is 2.25. The van der Waals surface area contributed by atoms with E-state index in [0.29, 0.717) is 22.8 Å². The van der Waals surface area contributed by atoms with Crippen molar-refractivity contribution in [3.05, 3.63) is 59.9 Å². The van der Waals surface area contributed by atoms with Crippen LogP contribution in [0.1, 0.15) is 37.8 Å². The minimum atomic E-state index is -0.492. The SMILES string of the molecule is Nc1ccc(-c2nc(C(Nc3cnccc3N3CCCCC3)=C3CC3)c(N)cc2F)cn1. The number of piperidine rings is 1. The number of nitrogens with one attached hydrogen (secondary N) is 1. The number of rotatable bonds is 5. The normalized spacial score (nSPS) is 15.5. The van der Waals surface area contributed by atoms with Crippen LogP contribution in [0.2, 0.25) is 0 Å². The second-order valence-corrected chi connectivity index (χ2v) is 8.27. The summed E-state index contributed by atoms with van der Waals surface area (Å²) in [4.78, 5) is 15.4. The molecule has 1 aliphatic carbocycles. The molecule has 4 heterocycles. The van der Waals surface area contributed by atoms with E-state index in [4.69, 9.17) is 11.5 Å². The Bertz CT molecular complexity index is 1160. The summed E-state index contributed by atoms with van der Waals surface area (Å²) in [6, 6.07) is 6.70. The van der Waals surface area contributed by atoms with Gasteiger partial charge in [0.05, 0.1) is 29.0 Å². The summed E-state index contributed by atoms with van der Waals surface area (Å²) in [5.41, 5.74) is 17.6. The van der Waals surface area contributed by atoms with E-state index < -0.39 is 5.82 Å². The first-order valence-corrected chi connectivity index (χ1v) is 11.0. The molecular formula is C24H26FN7. The van der Waals surface area contributed by atoms with Gasteiger partial charge in [-0.05, 0) is 55.9 Å². The van der Waals surface area contributed by atoms with E-state index in [-0.39, 0.29) is 5.69 Å². The lowest BCUT2D eigenvalue weighted by atomic mass is 10.1. The Kier molecular flexibility index (Phi) is 5.34. The molecule has 8 heteroatoms. The molecule has 0 bridgehead atoms. The smallest absolute Gasteiger partial charge is 0.151 e. The zero-order valence-corrected chi connectivity index (χ0v) is 17.8. The van der Waals surface area contributed by atoms with E-state index in [0.717, 1.165) is 43.0 Å². The van der Waals surface area contributed by atoms with Gasteiger partial charge in [0.15, 0.2) is 5.82 Å². The minimum Gasteiger partial charge on any atom is -0.397 e. The van der Waals surface area contributed by atoms with E-state index in [1.54, 1.807) is 12.1 Å². The van der Waals surface area contributed by atoms with Gasteiger partial charge in [-0.1, -0.05) is 0 Å². The van der Waals surface area contributed by atoms with Crippen molar-refractivity contribution >= 4 is 28.6 Å². The number of anilines is 4. The van der Waals surface area contributed by atoms with Crippen LogP contribution in [0.15, 0.2) is 48.4 Å². The maximum Gasteiger partial charge on any atom is 0.151 e. The molecule has 164 valence electrons. The highest BCUT2D eigenvalue weighted by atomic mass is 19.1. The van der Waals surface area contributed by atoms with Gasteiger partial charge in [-0.15, -0.1) is 0 Å². The van der Waals surface area contributed by atoms with Crippen molar-refractivity contribution in [3.63, 3.8) is 0 Å². The molecule has 0 atom stereocenters. The van der Waals surface area contributed by atoms with E-state index in [1.807, 2.05) is 18.5 Å². The van der Waals surface area contributed by atoms with Crippen LogP contribution in [0.25, 0.3) is 17.0 Å². The fourth-order valence-electron chi connectivity index (χ4n) is 4.11. The highest BCUT2D eigenvalue weighted by Crippen LogP contribution is 2.40. The molecule has 3 aromatic rings. The number of nitrogens with two attached hydrogens (primary N) is 2. The summed E-state index contributed by atoms with van der Waals surface area (Å²) in [5, 5.41) is 3.55. The van der Waals surface area contributed by atoms with Gasteiger partial charge in [0, 0.05) is 37.1 Å². The topological polar surface area (TPSA) is 106 Å². The maximum absolute atomic E-state index is 14.8. The van der Waals surface area contributed by atoms with Crippen LogP contribution >= 0.6 is 0 Å². The number of nitrogens with zero attached hydrogens (tertiary/aromatic N) is 4. The van der Waals surface area contributed by atoms with E-state index in [9.17, 15) is 4.39 Å². The van der Waals surface area contributed by atoms with Gasteiger partial charge in [-0.2, -0.15) is 0 Å². The predicted octanol–water partition coefficient (Wildman–Crippen LogP) is 4.45. The fraction of sp³-hybridized carbons (Fsp3) is 0.292. The zero-order valence-electron chi connectivity index (χ0n) is 17.8. The third-order valence-electron chi connectivity index (χ3n) is 5.91. The summed E-state index contributed by atoms with van der Waals surface area (Å²) in [6.07, 6.45) is 10.7. The van der Waals surface area contributed by atoms with Gasteiger partial charge in [-0.25, -0.2) is 14.4 Å². The highest BCUT2D eigenvalue weighted by molar-refractivity contribution is 5.88. The lowest BCUT2D eigenvalue weighted by Gasteiger charge is -2.30. The fourth-order valence-corrected chi connectivity index (χ4v) is 4.11. The summed E-state index contributed by atoms with van der Waals surface area (Å²) >= 11 is 0. The molecule has 7 nitrogen and oxygen atoms in total. The Hall–Kier alpha value is -3.68. The molecular weight excluding hydrogens is 405 g/mol. The van der Waals surface area contributed by atoms with Crippen molar-refractivity contribution in [2.75, 3.05) is 34.8 Å². The molecule has 0 unspecified atom stereocenters. The number of hydrogen-bond acceptors (Lipinski definition) is 7. The molecule has 0 aromatic carbocycles. The maximum atomic E-state index is 14.8. The van der Waals surface area contributed by atoms with E-state index in [2.05, 4.69) is 25.2 Å².